The van der Waals surface area contributed by atoms with E-state index in [2.05, 4.69) is 4.98 Å². The monoisotopic (exact) mass is 278 g/mol. The Morgan fingerprint density at radius 1 is 1.47 bits per heavy atom. The first-order chi connectivity index (χ1) is 8.99. The van der Waals surface area contributed by atoms with E-state index in [-0.39, 0.29) is 5.56 Å². The summed E-state index contributed by atoms with van der Waals surface area (Å²) >= 11 is 1.59. The lowest BCUT2D eigenvalue weighted by Crippen LogP contribution is -2.19. The van der Waals surface area contributed by atoms with E-state index < -0.39 is 11.4 Å². The Labute approximate surface area is 114 Å². The van der Waals surface area contributed by atoms with Crippen molar-refractivity contribution in [3.05, 3.63) is 49.8 Å². The number of hydrogen-bond donors (Lipinski definition) is 1. The van der Waals surface area contributed by atoms with Gasteiger partial charge in [-0.3, -0.25) is 4.79 Å². The van der Waals surface area contributed by atoms with Gasteiger partial charge in [0.1, 0.15) is 5.56 Å². The third kappa shape index (κ3) is 2.90. The van der Waals surface area contributed by atoms with Crippen LogP contribution in [0.2, 0.25) is 0 Å². The number of pyridine rings is 1. The fourth-order valence-corrected chi connectivity index (χ4v) is 2.63. The van der Waals surface area contributed by atoms with Gasteiger partial charge in [0.15, 0.2) is 5.43 Å². The van der Waals surface area contributed by atoms with Crippen molar-refractivity contribution in [1.29, 1.82) is 0 Å². The maximum atomic E-state index is 11.5. The first-order valence-electron chi connectivity index (χ1n) is 5.82. The lowest BCUT2D eigenvalue weighted by atomic mass is 10.2. The number of thiazole rings is 1. The third-order valence-corrected chi connectivity index (χ3v) is 3.99. The van der Waals surface area contributed by atoms with Gasteiger partial charge in [-0.15, -0.1) is 11.3 Å². The number of aryl methyl sites for hydroxylation is 4. The van der Waals surface area contributed by atoms with E-state index in [0.717, 1.165) is 17.8 Å². The number of aromatic nitrogens is 2. The molecule has 2 aromatic heterocycles. The molecular weight excluding hydrogens is 264 g/mol. The number of hydrogen-bond acceptors (Lipinski definition) is 4. The Morgan fingerprint density at radius 3 is 2.79 bits per heavy atom. The molecule has 100 valence electrons. The number of aromatic carboxylic acids is 1. The van der Waals surface area contributed by atoms with E-state index in [9.17, 15) is 9.59 Å². The summed E-state index contributed by atoms with van der Waals surface area (Å²) in [6.45, 7) is 4.38. The first kappa shape index (κ1) is 13.5. The second-order valence-corrected chi connectivity index (χ2v) is 5.24. The SMILES string of the molecule is Cc1ncsc1CCn1cc(C(=O)O)c(=O)cc1C. The number of nitrogens with zero attached hydrogens (tertiary/aromatic N) is 2. The summed E-state index contributed by atoms with van der Waals surface area (Å²) < 4.78 is 1.80. The van der Waals surface area contributed by atoms with Crippen LogP contribution in [0, 0.1) is 13.8 Å². The van der Waals surface area contributed by atoms with Crippen LogP contribution in [0.3, 0.4) is 0 Å². The number of carboxylic acids is 1. The lowest BCUT2D eigenvalue weighted by Gasteiger charge is -2.10. The predicted molar refractivity (Wildman–Crippen MR) is 73.0 cm³/mol. The molecule has 0 amide bonds. The molecule has 5 nitrogen and oxygen atoms in total. The van der Waals surface area contributed by atoms with Crippen LogP contribution in [0.4, 0.5) is 0 Å². The summed E-state index contributed by atoms with van der Waals surface area (Å²) in [4.78, 5) is 27.8. The molecule has 0 aromatic carbocycles. The molecule has 0 radical (unpaired) electrons. The van der Waals surface area contributed by atoms with Crippen LogP contribution in [0.15, 0.2) is 22.6 Å². The van der Waals surface area contributed by atoms with Crippen LogP contribution in [0.1, 0.15) is 26.6 Å². The molecular formula is C13H14N2O3S. The molecule has 0 bridgehead atoms. The van der Waals surface area contributed by atoms with Crippen LogP contribution in [0.5, 0.6) is 0 Å². The van der Waals surface area contributed by atoms with Crippen LogP contribution in [0.25, 0.3) is 0 Å². The zero-order chi connectivity index (χ0) is 14.0. The minimum absolute atomic E-state index is 0.188. The van der Waals surface area contributed by atoms with Crippen molar-refractivity contribution in [3.8, 4) is 0 Å². The summed E-state index contributed by atoms with van der Waals surface area (Å²) in [7, 11) is 0. The molecule has 2 heterocycles. The summed E-state index contributed by atoms with van der Waals surface area (Å²) in [6, 6.07) is 1.36. The van der Waals surface area contributed by atoms with Crippen LogP contribution < -0.4 is 5.43 Å². The lowest BCUT2D eigenvalue weighted by molar-refractivity contribution is 0.0694. The van der Waals surface area contributed by atoms with Crippen molar-refractivity contribution >= 4 is 17.3 Å². The fraction of sp³-hybridized carbons (Fsp3) is 0.308. The Balaban J connectivity index is 2.25. The summed E-state index contributed by atoms with van der Waals surface area (Å²) in [6.07, 6.45) is 2.19. The minimum Gasteiger partial charge on any atom is -0.477 e. The largest absolute Gasteiger partial charge is 0.477 e. The molecule has 0 saturated heterocycles. The molecule has 0 unspecified atom stereocenters. The van der Waals surface area contributed by atoms with E-state index in [4.69, 9.17) is 5.11 Å². The molecule has 1 N–H and O–H groups in total. The second kappa shape index (κ2) is 5.36. The van der Waals surface area contributed by atoms with Gasteiger partial charge in [-0.05, 0) is 13.8 Å². The van der Waals surface area contributed by atoms with Gasteiger partial charge in [-0.25, -0.2) is 9.78 Å². The van der Waals surface area contributed by atoms with E-state index in [0.29, 0.717) is 6.54 Å². The number of rotatable bonds is 4. The Kier molecular flexibility index (Phi) is 3.80. The average Bonchev–Trinajstić information content (AvgIpc) is 2.73. The normalized spacial score (nSPS) is 10.6. The van der Waals surface area contributed by atoms with Crippen molar-refractivity contribution in [1.82, 2.24) is 9.55 Å². The van der Waals surface area contributed by atoms with Gasteiger partial charge in [-0.1, -0.05) is 0 Å². The highest BCUT2D eigenvalue weighted by Gasteiger charge is 2.11. The number of carboxylic acid groups (broad SMARTS) is 1. The summed E-state index contributed by atoms with van der Waals surface area (Å²) in [5, 5.41) is 8.96. The minimum atomic E-state index is -1.19. The Morgan fingerprint density at radius 2 is 2.21 bits per heavy atom. The highest BCUT2D eigenvalue weighted by Crippen LogP contribution is 2.14. The molecule has 0 saturated carbocycles. The van der Waals surface area contributed by atoms with Crippen molar-refractivity contribution in [2.75, 3.05) is 0 Å². The topological polar surface area (TPSA) is 72.2 Å². The maximum absolute atomic E-state index is 11.5. The average molecular weight is 278 g/mol. The van der Waals surface area contributed by atoms with Crippen molar-refractivity contribution in [2.24, 2.45) is 0 Å². The second-order valence-electron chi connectivity index (χ2n) is 4.30. The quantitative estimate of drug-likeness (QED) is 0.926. The molecule has 2 rings (SSSR count). The van der Waals surface area contributed by atoms with Crippen LogP contribution in [-0.4, -0.2) is 20.6 Å². The molecule has 2 aromatic rings. The van der Waals surface area contributed by atoms with E-state index in [1.165, 1.54) is 17.1 Å². The van der Waals surface area contributed by atoms with Gasteiger partial charge in [0.25, 0.3) is 0 Å². The van der Waals surface area contributed by atoms with Crippen molar-refractivity contribution in [2.45, 2.75) is 26.8 Å². The zero-order valence-electron chi connectivity index (χ0n) is 10.7. The maximum Gasteiger partial charge on any atom is 0.341 e. The van der Waals surface area contributed by atoms with Crippen LogP contribution >= 0.6 is 11.3 Å². The Hall–Kier alpha value is -1.95. The van der Waals surface area contributed by atoms with Crippen molar-refractivity contribution < 1.29 is 9.90 Å². The van der Waals surface area contributed by atoms with Gasteiger partial charge >= 0.3 is 5.97 Å². The van der Waals surface area contributed by atoms with Gasteiger partial charge in [0, 0.05) is 35.8 Å². The van der Waals surface area contributed by atoms with Gasteiger partial charge in [0.2, 0.25) is 0 Å². The van der Waals surface area contributed by atoms with Gasteiger partial charge in [0.05, 0.1) is 11.2 Å². The smallest absolute Gasteiger partial charge is 0.341 e. The molecule has 0 aliphatic carbocycles. The predicted octanol–water partition coefficient (Wildman–Crippen LogP) is 1.86. The first-order valence-corrected chi connectivity index (χ1v) is 6.70. The van der Waals surface area contributed by atoms with Crippen molar-refractivity contribution in [3.63, 3.8) is 0 Å². The molecule has 19 heavy (non-hydrogen) atoms. The third-order valence-electron chi connectivity index (χ3n) is 3.00. The van der Waals surface area contributed by atoms with Gasteiger partial charge in [-0.2, -0.15) is 0 Å². The van der Waals surface area contributed by atoms with E-state index >= 15 is 0 Å². The standard InChI is InChI=1S/C13H14N2O3S/c1-8-5-11(16)10(13(17)18)6-15(8)4-3-12-9(2)14-7-19-12/h5-7H,3-4H2,1-2H3,(H,17,18). The van der Waals surface area contributed by atoms with E-state index in [1.54, 1.807) is 28.3 Å². The summed E-state index contributed by atoms with van der Waals surface area (Å²) in [5.41, 5.74) is 2.92. The van der Waals surface area contributed by atoms with Gasteiger partial charge < -0.3 is 9.67 Å². The molecule has 0 aliphatic heterocycles. The molecule has 6 heteroatoms. The molecule has 0 fully saturated rings. The van der Waals surface area contributed by atoms with Crippen LogP contribution in [-0.2, 0) is 13.0 Å². The molecule has 0 aliphatic rings. The molecule has 0 spiro atoms. The highest BCUT2D eigenvalue weighted by molar-refractivity contribution is 7.09. The fourth-order valence-electron chi connectivity index (χ4n) is 1.86. The summed E-state index contributed by atoms with van der Waals surface area (Å²) in [5.74, 6) is -1.19. The Bertz CT molecular complexity index is 673. The van der Waals surface area contributed by atoms with E-state index in [1.807, 2.05) is 6.92 Å². The molecule has 0 atom stereocenters. The highest BCUT2D eigenvalue weighted by atomic mass is 32.1. The number of carbonyl (C=O) groups is 1. The zero-order valence-corrected chi connectivity index (χ0v) is 11.5.